The van der Waals surface area contributed by atoms with Crippen LogP contribution in [0.15, 0.2) is 24.3 Å². The molecule has 1 amide bonds. The van der Waals surface area contributed by atoms with Crippen LogP contribution >= 0.6 is 0 Å². The van der Waals surface area contributed by atoms with Gasteiger partial charge in [-0.25, -0.2) is 9.18 Å². The summed E-state index contributed by atoms with van der Waals surface area (Å²) in [5.74, 6) is -0.362. The summed E-state index contributed by atoms with van der Waals surface area (Å²) >= 11 is 0. The third-order valence-corrected chi connectivity index (χ3v) is 5.91. The molecule has 3 rings (SSSR count). The van der Waals surface area contributed by atoms with E-state index < -0.39 is 22.2 Å². The number of quaternary nitrogens is 1. The molecule has 0 bridgehead atoms. The molecule has 0 radical (unpaired) electrons. The molecule has 0 spiro atoms. The van der Waals surface area contributed by atoms with E-state index in [1.807, 2.05) is 0 Å². The van der Waals surface area contributed by atoms with Crippen molar-refractivity contribution >= 4 is 16.4 Å². The number of fused-ring (bicyclic) bond motifs is 1. The lowest BCUT2D eigenvalue weighted by atomic mass is 9.84. The van der Waals surface area contributed by atoms with Crippen LogP contribution in [0, 0.1) is 11.7 Å². The number of hydrogen-bond acceptors (Lipinski definition) is 5. The van der Waals surface area contributed by atoms with E-state index in [-0.39, 0.29) is 18.3 Å². The Balaban J connectivity index is 1.49. The smallest absolute Gasteiger partial charge is 0.423 e. The fraction of sp³-hybridized carbons (Fsp3) is 0.588. The van der Waals surface area contributed by atoms with Crippen molar-refractivity contribution in [2.24, 2.45) is 5.92 Å². The van der Waals surface area contributed by atoms with Crippen LogP contribution in [0.3, 0.4) is 0 Å². The Labute approximate surface area is 152 Å². The summed E-state index contributed by atoms with van der Waals surface area (Å²) in [6.45, 7) is 2.52. The highest BCUT2D eigenvalue weighted by Crippen LogP contribution is 2.20. The highest BCUT2D eigenvalue weighted by molar-refractivity contribution is 7.85. The first-order chi connectivity index (χ1) is 12.4. The van der Waals surface area contributed by atoms with Gasteiger partial charge in [-0.3, -0.25) is 0 Å². The lowest BCUT2D eigenvalue weighted by Gasteiger charge is -2.40. The zero-order chi connectivity index (χ0) is 18.6. The van der Waals surface area contributed by atoms with Gasteiger partial charge < -0.3 is 13.8 Å². The van der Waals surface area contributed by atoms with Gasteiger partial charge in [0.05, 0.1) is 19.1 Å². The Morgan fingerprint density at radius 2 is 1.88 bits per heavy atom. The fourth-order valence-electron chi connectivity index (χ4n) is 3.93. The molecule has 2 saturated heterocycles. The Morgan fingerprint density at radius 3 is 2.65 bits per heavy atom. The number of amides is 1. The quantitative estimate of drug-likeness (QED) is 0.788. The number of halogens is 1. The maximum absolute atomic E-state index is 12.8. The Morgan fingerprint density at radius 1 is 1.15 bits per heavy atom. The number of ether oxygens (including phenoxy) is 1. The van der Waals surface area contributed by atoms with Crippen molar-refractivity contribution in [3.63, 3.8) is 0 Å². The average Bonchev–Trinajstić information content (AvgIpc) is 2.61. The van der Waals surface area contributed by atoms with Crippen LogP contribution in [-0.2, 0) is 15.0 Å². The van der Waals surface area contributed by atoms with Crippen molar-refractivity contribution < 1.29 is 31.4 Å². The molecule has 0 saturated carbocycles. The highest BCUT2D eigenvalue weighted by atomic mass is 32.2. The molecule has 7 nitrogen and oxygen atoms in total. The van der Waals surface area contributed by atoms with Crippen molar-refractivity contribution in [1.29, 1.82) is 0 Å². The van der Waals surface area contributed by atoms with Crippen LogP contribution in [0.1, 0.15) is 32.1 Å². The number of carbonyl (C=O) groups is 1. The van der Waals surface area contributed by atoms with Crippen LogP contribution in [0.2, 0.25) is 0 Å². The summed E-state index contributed by atoms with van der Waals surface area (Å²) in [5.41, 5.74) is 0. The molecule has 1 aromatic carbocycles. The standard InChI is InChI=1S/C17H23FN2O5S/c18-14-6-8-15(9-7-14)25-26(22,23)19-17(21)24-12-13-4-3-11-20-10-2-1-5-16(13)20/h6-9,13,16H,1-5,10-12H2,(H,19,21)/p+1/t13-,16-/m0/s1. The van der Waals surface area contributed by atoms with Crippen LogP contribution in [0.4, 0.5) is 9.18 Å². The molecule has 144 valence electrons. The molecular formula is C17H24FN2O5S+. The first-order valence-electron chi connectivity index (χ1n) is 8.92. The fourth-order valence-corrected chi connectivity index (χ4v) is 4.60. The van der Waals surface area contributed by atoms with Crippen molar-refractivity contribution in [1.82, 2.24) is 4.72 Å². The molecule has 0 aromatic heterocycles. The van der Waals surface area contributed by atoms with Crippen LogP contribution < -0.4 is 13.8 Å². The lowest BCUT2D eigenvalue weighted by molar-refractivity contribution is -0.940. The van der Waals surface area contributed by atoms with Crippen molar-refractivity contribution in [3.05, 3.63) is 30.1 Å². The molecule has 1 aromatic rings. The first-order valence-corrected chi connectivity index (χ1v) is 10.3. The third kappa shape index (κ3) is 5.07. The highest BCUT2D eigenvalue weighted by Gasteiger charge is 2.37. The second-order valence-corrected chi connectivity index (χ2v) is 8.13. The summed E-state index contributed by atoms with van der Waals surface area (Å²) in [7, 11) is -4.38. The molecule has 2 heterocycles. The molecular weight excluding hydrogens is 363 g/mol. The second kappa shape index (κ2) is 8.22. The van der Waals surface area contributed by atoms with E-state index in [2.05, 4.69) is 0 Å². The van der Waals surface area contributed by atoms with Crippen molar-refractivity contribution in [2.75, 3.05) is 19.7 Å². The third-order valence-electron chi connectivity index (χ3n) is 5.09. The van der Waals surface area contributed by atoms with E-state index >= 15 is 0 Å². The van der Waals surface area contributed by atoms with Gasteiger partial charge in [0.25, 0.3) is 0 Å². The van der Waals surface area contributed by atoms with E-state index in [0.29, 0.717) is 6.04 Å². The number of benzene rings is 1. The lowest BCUT2D eigenvalue weighted by Crippen LogP contribution is -3.18. The molecule has 9 heteroatoms. The molecule has 3 atom stereocenters. The number of nitrogens with one attached hydrogen (secondary N) is 2. The number of rotatable bonds is 5. The summed E-state index contributed by atoms with van der Waals surface area (Å²) < 4.78 is 48.1. The average molecular weight is 387 g/mol. The van der Waals surface area contributed by atoms with E-state index in [1.165, 1.54) is 12.8 Å². The summed E-state index contributed by atoms with van der Waals surface area (Å²) in [6.07, 6.45) is 4.57. The van der Waals surface area contributed by atoms with Gasteiger partial charge >= 0.3 is 16.4 Å². The molecule has 2 aliphatic heterocycles. The van der Waals surface area contributed by atoms with Crippen LogP contribution in [-0.4, -0.2) is 40.2 Å². The largest absolute Gasteiger partial charge is 0.448 e. The zero-order valence-corrected chi connectivity index (χ0v) is 15.3. The van der Waals surface area contributed by atoms with E-state index in [4.69, 9.17) is 8.92 Å². The van der Waals surface area contributed by atoms with E-state index in [0.717, 1.165) is 56.6 Å². The van der Waals surface area contributed by atoms with Crippen LogP contribution in [0.25, 0.3) is 0 Å². The second-order valence-electron chi connectivity index (χ2n) is 6.85. The predicted molar refractivity (Wildman–Crippen MR) is 91.5 cm³/mol. The monoisotopic (exact) mass is 387 g/mol. The number of piperidine rings is 2. The van der Waals surface area contributed by atoms with Gasteiger partial charge in [-0.15, -0.1) is 0 Å². The SMILES string of the molecule is O=C(NS(=O)(=O)Oc1ccc(F)cc1)OC[C@@H]1CCC[NH+]2CCCC[C@@H]12. The van der Waals surface area contributed by atoms with Crippen molar-refractivity contribution in [3.8, 4) is 5.75 Å². The zero-order valence-electron chi connectivity index (χ0n) is 14.4. The van der Waals surface area contributed by atoms with Gasteiger partial charge in [0.1, 0.15) is 18.2 Å². The van der Waals surface area contributed by atoms with Gasteiger partial charge in [0, 0.05) is 5.92 Å². The molecule has 0 aliphatic carbocycles. The Kier molecular flexibility index (Phi) is 5.98. The van der Waals surface area contributed by atoms with Gasteiger partial charge in [-0.1, -0.05) is 0 Å². The first kappa shape index (κ1) is 18.9. The van der Waals surface area contributed by atoms with Gasteiger partial charge in [-0.2, -0.15) is 13.1 Å². The maximum Gasteiger partial charge on any atom is 0.423 e. The van der Waals surface area contributed by atoms with Gasteiger partial charge in [0.2, 0.25) is 0 Å². The molecule has 1 unspecified atom stereocenters. The predicted octanol–water partition coefficient (Wildman–Crippen LogP) is 1.02. The minimum Gasteiger partial charge on any atom is -0.448 e. The van der Waals surface area contributed by atoms with Gasteiger partial charge in [-0.05, 0) is 56.4 Å². The van der Waals surface area contributed by atoms with Crippen LogP contribution in [0.5, 0.6) is 5.75 Å². The Bertz CT molecular complexity index is 723. The van der Waals surface area contributed by atoms with Gasteiger partial charge in [0.15, 0.2) is 0 Å². The molecule has 2 N–H and O–H groups in total. The minimum atomic E-state index is -4.38. The van der Waals surface area contributed by atoms with E-state index in [1.54, 1.807) is 9.62 Å². The summed E-state index contributed by atoms with van der Waals surface area (Å²) in [4.78, 5) is 13.4. The molecule has 26 heavy (non-hydrogen) atoms. The summed E-state index contributed by atoms with van der Waals surface area (Å²) in [5, 5.41) is 0. The van der Waals surface area contributed by atoms with E-state index in [9.17, 15) is 17.6 Å². The molecule has 2 fully saturated rings. The molecule has 2 aliphatic rings. The normalized spacial score (nSPS) is 25.8. The van der Waals surface area contributed by atoms with Crippen molar-refractivity contribution in [2.45, 2.75) is 38.1 Å². The maximum atomic E-state index is 12.8. The minimum absolute atomic E-state index is 0.0968. The topological polar surface area (TPSA) is 86.1 Å². The number of carbonyl (C=O) groups excluding carboxylic acids is 1. The Hall–Kier alpha value is -1.87. The summed E-state index contributed by atoms with van der Waals surface area (Å²) in [6, 6.07) is 4.91. The number of hydrogen-bond donors (Lipinski definition) is 2.